The number of nitrogens with one attached hydrogen (secondary N) is 1. The van der Waals surface area contributed by atoms with Crippen LogP contribution in [0.5, 0.6) is 0 Å². The Hall–Kier alpha value is -1.94. The maximum absolute atomic E-state index is 8.31. The summed E-state index contributed by atoms with van der Waals surface area (Å²) >= 11 is 0. The van der Waals surface area contributed by atoms with Crippen molar-refractivity contribution in [1.29, 1.82) is 0 Å². The van der Waals surface area contributed by atoms with Crippen molar-refractivity contribution in [2.24, 2.45) is 4.99 Å². The van der Waals surface area contributed by atoms with E-state index in [1.54, 1.807) is 6.20 Å². The fourth-order valence-electron chi connectivity index (χ4n) is 1.24. The summed E-state index contributed by atoms with van der Waals surface area (Å²) in [4.78, 5) is 7.97. The topological polar surface area (TPSA) is 57.5 Å². The highest BCUT2D eigenvalue weighted by atomic mass is 16.5. The SMILES string of the molecule is ON/C=N/c1cc2ccccc2cn1. The van der Waals surface area contributed by atoms with Crippen LogP contribution in [0.25, 0.3) is 10.8 Å². The molecule has 70 valence electrons. The number of aromatic nitrogens is 1. The maximum atomic E-state index is 8.31. The van der Waals surface area contributed by atoms with Gasteiger partial charge < -0.3 is 0 Å². The zero-order valence-electron chi connectivity index (χ0n) is 7.38. The molecule has 2 aromatic rings. The van der Waals surface area contributed by atoms with Crippen LogP contribution in [0.15, 0.2) is 41.5 Å². The first-order valence-electron chi connectivity index (χ1n) is 4.17. The summed E-state index contributed by atoms with van der Waals surface area (Å²) in [6.45, 7) is 0. The molecule has 2 rings (SSSR count). The van der Waals surface area contributed by atoms with Crippen molar-refractivity contribution in [3.8, 4) is 0 Å². The highest BCUT2D eigenvalue weighted by Crippen LogP contribution is 2.17. The molecule has 1 aromatic heterocycles. The largest absolute Gasteiger partial charge is 0.290 e. The first-order valence-corrected chi connectivity index (χ1v) is 4.17. The van der Waals surface area contributed by atoms with Gasteiger partial charge in [-0.05, 0) is 11.5 Å². The molecule has 1 aromatic carbocycles. The van der Waals surface area contributed by atoms with Gasteiger partial charge in [-0.15, -0.1) is 0 Å². The van der Waals surface area contributed by atoms with E-state index in [-0.39, 0.29) is 0 Å². The number of rotatable bonds is 2. The molecular formula is C10H9N3O. The van der Waals surface area contributed by atoms with Crippen LogP contribution in [0.2, 0.25) is 0 Å². The summed E-state index contributed by atoms with van der Waals surface area (Å²) in [6.07, 6.45) is 2.93. The molecule has 2 N–H and O–H groups in total. The number of hydroxylamine groups is 1. The normalized spacial score (nSPS) is 10.9. The third kappa shape index (κ3) is 1.70. The molecule has 0 fully saturated rings. The lowest BCUT2D eigenvalue weighted by Crippen LogP contribution is -2.01. The smallest absolute Gasteiger partial charge is 0.154 e. The Kier molecular flexibility index (Phi) is 2.38. The lowest BCUT2D eigenvalue weighted by molar-refractivity contribution is 0.240. The first-order chi connectivity index (χ1) is 6.90. The van der Waals surface area contributed by atoms with Gasteiger partial charge in [0.1, 0.15) is 6.34 Å². The molecule has 0 aliphatic carbocycles. The van der Waals surface area contributed by atoms with Gasteiger partial charge in [0.15, 0.2) is 5.82 Å². The Morgan fingerprint density at radius 3 is 2.86 bits per heavy atom. The van der Waals surface area contributed by atoms with Crippen LogP contribution < -0.4 is 5.48 Å². The van der Waals surface area contributed by atoms with Crippen molar-refractivity contribution in [2.75, 3.05) is 0 Å². The van der Waals surface area contributed by atoms with Crippen LogP contribution in [-0.4, -0.2) is 16.5 Å². The average Bonchev–Trinajstić information content (AvgIpc) is 2.26. The first kappa shape index (κ1) is 8.65. The minimum atomic E-state index is 0.560. The quantitative estimate of drug-likeness (QED) is 0.428. The molecule has 0 amide bonds. The second kappa shape index (κ2) is 3.85. The monoisotopic (exact) mass is 187 g/mol. The Labute approximate surface area is 80.9 Å². The van der Waals surface area contributed by atoms with Crippen LogP contribution in [0.3, 0.4) is 0 Å². The molecule has 0 saturated heterocycles. The van der Waals surface area contributed by atoms with Crippen molar-refractivity contribution < 1.29 is 5.21 Å². The molecule has 0 spiro atoms. The summed E-state index contributed by atoms with van der Waals surface area (Å²) in [7, 11) is 0. The fraction of sp³-hybridized carbons (Fsp3) is 0. The van der Waals surface area contributed by atoms with Crippen LogP contribution in [-0.2, 0) is 0 Å². The van der Waals surface area contributed by atoms with Crippen molar-refractivity contribution in [1.82, 2.24) is 10.5 Å². The molecule has 0 unspecified atom stereocenters. The van der Waals surface area contributed by atoms with Gasteiger partial charge in [-0.25, -0.2) is 9.98 Å². The predicted molar refractivity (Wildman–Crippen MR) is 54.8 cm³/mol. The molecule has 0 saturated carbocycles. The van der Waals surface area contributed by atoms with Crippen molar-refractivity contribution in [3.05, 3.63) is 36.5 Å². The summed E-state index contributed by atoms with van der Waals surface area (Å²) in [6, 6.07) is 9.74. The van der Waals surface area contributed by atoms with E-state index in [1.165, 1.54) is 6.34 Å². The predicted octanol–water partition coefficient (Wildman–Crippen LogP) is 1.87. The zero-order chi connectivity index (χ0) is 9.80. The summed E-state index contributed by atoms with van der Waals surface area (Å²) in [5.41, 5.74) is 1.83. The molecule has 1 heterocycles. The lowest BCUT2D eigenvalue weighted by Gasteiger charge is -1.97. The van der Waals surface area contributed by atoms with Gasteiger partial charge in [0, 0.05) is 11.6 Å². The number of hydrogen-bond donors (Lipinski definition) is 2. The van der Waals surface area contributed by atoms with Gasteiger partial charge in [-0.2, -0.15) is 0 Å². The van der Waals surface area contributed by atoms with Crippen molar-refractivity contribution >= 4 is 22.9 Å². The van der Waals surface area contributed by atoms with Crippen molar-refractivity contribution in [2.45, 2.75) is 0 Å². The summed E-state index contributed by atoms with van der Waals surface area (Å²) < 4.78 is 0. The minimum absolute atomic E-state index is 0.560. The third-order valence-electron chi connectivity index (χ3n) is 1.87. The molecule has 0 aliphatic heterocycles. The second-order valence-corrected chi connectivity index (χ2v) is 2.78. The number of nitrogens with zero attached hydrogens (tertiary/aromatic N) is 2. The van der Waals surface area contributed by atoms with E-state index in [4.69, 9.17) is 5.21 Å². The molecular weight excluding hydrogens is 178 g/mol. The zero-order valence-corrected chi connectivity index (χ0v) is 7.38. The molecule has 0 bridgehead atoms. The number of aliphatic imine (C=N–C) groups is 1. The molecule has 0 aliphatic rings. The van der Waals surface area contributed by atoms with Crippen LogP contribution >= 0.6 is 0 Å². The Morgan fingerprint density at radius 2 is 2.07 bits per heavy atom. The van der Waals surface area contributed by atoms with E-state index in [2.05, 4.69) is 9.98 Å². The van der Waals surface area contributed by atoms with E-state index >= 15 is 0 Å². The molecule has 0 radical (unpaired) electrons. The number of fused-ring (bicyclic) bond motifs is 1. The average molecular weight is 187 g/mol. The summed E-state index contributed by atoms with van der Waals surface area (Å²) in [5, 5.41) is 10.5. The van der Waals surface area contributed by atoms with Gasteiger partial charge in [-0.1, -0.05) is 24.3 Å². The van der Waals surface area contributed by atoms with Crippen LogP contribution in [0.4, 0.5) is 5.82 Å². The van der Waals surface area contributed by atoms with Crippen LogP contribution in [0, 0.1) is 0 Å². The van der Waals surface area contributed by atoms with Gasteiger partial charge in [0.05, 0.1) is 0 Å². The Balaban J connectivity index is 2.46. The van der Waals surface area contributed by atoms with E-state index in [0.29, 0.717) is 5.82 Å². The highest BCUT2D eigenvalue weighted by molar-refractivity contribution is 5.83. The fourth-order valence-corrected chi connectivity index (χ4v) is 1.24. The van der Waals surface area contributed by atoms with Crippen LogP contribution in [0.1, 0.15) is 0 Å². The third-order valence-corrected chi connectivity index (χ3v) is 1.87. The van der Waals surface area contributed by atoms with Gasteiger partial charge in [-0.3, -0.25) is 10.7 Å². The summed E-state index contributed by atoms with van der Waals surface area (Å²) in [5.74, 6) is 0.560. The second-order valence-electron chi connectivity index (χ2n) is 2.78. The molecule has 14 heavy (non-hydrogen) atoms. The number of pyridine rings is 1. The van der Waals surface area contributed by atoms with E-state index in [0.717, 1.165) is 10.8 Å². The maximum Gasteiger partial charge on any atom is 0.154 e. The van der Waals surface area contributed by atoms with Gasteiger partial charge in [0.25, 0.3) is 0 Å². The lowest BCUT2D eigenvalue weighted by atomic mass is 10.2. The Bertz CT molecular complexity index is 468. The molecule has 4 nitrogen and oxygen atoms in total. The molecule has 4 heteroatoms. The van der Waals surface area contributed by atoms with Gasteiger partial charge in [0.2, 0.25) is 0 Å². The van der Waals surface area contributed by atoms with Gasteiger partial charge >= 0.3 is 0 Å². The van der Waals surface area contributed by atoms with E-state index < -0.39 is 0 Å². The molecule has 0 atom stereocenters. The standard InChI is InChI=1S/C10H9N3O/c14-13-7-12-10-5-8-3-1-2-4-9(8)6-11-10/h1-7,14H,(H,11,12,13). The highest BCUT2D eigenvalue weighted by Gasteiger charge is 1.94. The van der Waals surface area contributed by atoms with E-state index in [9.17, 15) is 0 Å². The van der Waals surface area contributed by atoms with Crippen molar-refractivity contribution in [3.63, 3.8) is 0 Å². The number of benzene rings is 1. The van der Waals surface area contributed by atoms with E-state index in [1.807, 2.05) is 35.8 Å². The Morgan fingerprint density at radius 1 is 1.29 bits per heavy atom. The number of hydrogen-bond acceptors (Lipinski definition) is 3. The minimum Gasteiger partial charge on any atom is -0.290 e.